The van der Waals surface area contributed by atoms with Crippen LogP contribution in [0.1, 0.15) is 42.0 Å². The molecule has 0 amide bonds. The largest absolute Gasteiger partial charge is 0.478 e. The Bertz CT molecular complexity index is 1250. The molecule has 1 N–H and O–H groups in total. The van der Waals surface area contributed by atoms with Crippen LogP contribution < -0.4 is 4.74 Å². The summed E-state index contributed by atoms with van der Waals surface area (Å²) in [6, 6.07) is 20.6. The molecule has 32 heavy (non-hydrogen) atoms. The van der Waals surface area contributed by atoms with E-state index in [1.165, 1.54) is 0 Å². The molecule has 0 saturated heterocycles. The zero-order valence-electron chi connectivity index (χ0n) is 18.1. The number of halogens is 1. The molecule has 4 aromatic rings. The van der Waals surface area contributed by atoms with E-state index in [4.69, 9.17) is 21.3 Å². The highest BCUT2D eigenvalue weighted by Gasteiger charge is 2.24. The lowest BCUT2D eigenvalue weighted by Crippen LogP contribution is -2.18. The predicted octanol–water partition coefficient (Wildman–Crippen LogP) is 5.97. The second-order valence-electron chi connectivity index (χ2n) is 7.80. The van der Waals surface area contributed by atoms with E-state index in [1.807, 2.05) is 12.1 Å². The third-order valence-corrected chi connectivity index (χ3v) is 5.89. The fourth-order valence-electron chi connectivity index (χ4n) is 3.89. The second-order valence-corrected chi connectivity index (χ2v) is 8.21. The molecule has 0 saturated carbocycles. The number of carbonyl (C=O) groups is 1. The molecule has 1 aromatic heterocycles. The van der Waals surface area contributed by atoms with Gasteiger partial charge in [0.25, 0.3) is 0 Å². The van der Waals surface area contributed by atoms with Gasteiger partial charge in [0.2, 0.25) is 6.10 Å². The predicted molar refractivity (Wildman–Crippen MR) is 126 cm³/mol. The Morgan fingerprint density at radius 3 is 2.53 bits per heavy atom. The van der Waals surface area contributed by atoms with Gasteiger partial charge in [-0.2, -0.15) is 0 Å². The summed E-state index contributed by atoms with van der Waals surface area (Å²) in [4.78, 5) is 16.6. The smallest absolute Gasteiger partial charge is 0.349 e. The van der Waals surface area contributed by atoms with Gasteiger partial charge in [-0.15, -0.1) is 0 Å². The Morgan fingerprint density at radius 2 is 1.84 bits per heavy atom. The van der Waals surface area contributed by atoms with E-state index in [2.05, 4.69) is 36.7 Å². The molecule has 0 aliphatic heterocycles. The van der Waals surface area contributed by atoms with Crippen molar-refractivity contribution in [3.8, 4) is 5.75 Å². The topological polar surface area (TPSA) is 64.3 Å². The van der Waals surface area contributed by atoms with Gasteiger partial charge in [0.15, 0.2) is 0 Å². The van der Waals surface area contributed by atoms with E-state index in [0.29, 0.717) is 16.3 Å². The number of benzene rings is 3. The minimum absolute atomic E-state index is 0.363. The molecule has 1 atom stereocenters. The van der Waals surface area contributed by atoms with E-state index in [9.17, 15) is 9.90 Å². The zero-order chi connectivity index (χ0) is 22.7. The van der Waals surface area contributed by atoms with Crippen LogP contribution >= 0.6 is 11.6 Å². The number of carboxylic acids is 1. The molecule has 164 valence electrons. The van der Waals surface area contributed by atoms with Crippen molar-refractivity contribution in [1.82, 2.24) is 9.55 Å². The van der Waals surface area contributed by atoms with Crippen molar-refractivity contribution in [3.05, 3.63) is 94.3 Å². The van der Waals surface area contributed by atoms with E-state index in [0.717, 1.165) is 47.2 Å². The molecule has 0 bridgehead atoms. The summed E-state index contributed by atoms with van der Waals surface area (Å²) in [6.07, 6.45) is 1.56. The van der Waals surface area contributed by atoms with Crippen LogP contribution in [-0.4, -0.2) is 20.6 Å². The molecule has 0 spiro atoms. The monoisotopic (exact) mass is 448 g/mol. The lowest BCUT2D eigenvalue weighted by molar-refractivity contribution is -0.145. The normalized spacial score (nSPS) is 12.1. The number of fused-ring (bicyclic) bond motifs is 1. The summed E-state index contributed by atoms with van der Waals surface area (Å²) in [5, 5.41) is 10.00. The number of aliphatic carboxylic acids is 1. The van der Waals surface area contributed by atoms with Gasteiger partial charge in [-0.3, -0.25) is 0 Å². The molecule has 0 fully saturated rings. The van der Waals surface area contributed by atoms with Crippen LogP contribution in [0.4, 0.5) is 0 Å². The van der Waals surface area contributed by atoms with Crippen LogP contribution in [0, 0.1) is 0 Å². The minimum Gasteiger partial charge on any atom is -0.478 e. The summed E-state index contributed by atoms with van der Waals surface area (Å²) in [6.45, 7) is 2.16. The van der Waals surface area contributed by atoms with Crippen LogP contribution in [0.3, 0.4) is 0 Å². The number of ether oxygens (including phenoxy) is 1. The zero-order valence-corrected chi connectivity index (χ0v) is 18.8. The first-order chi connectivity index (χ1) is 15.5. The third kappa shape index (κ3) is 4.48. The van der Waals surface area contributed by atoms with Crippen molar-refractivity contribution in [3.63, 3.8) is 0 Å². The van der Waals surface area contributed by atoms with E-state index in [1.54, 1.807) is 36.4 Å². The molecular weight excluding hydrogens is 424 g/mol. The number of para-hydroxylation sites is 1. The fraction of sp³-hybridized carbons (Fsp3) is 0.231. The van der Waals surface area contributed by atoms with Crippen LogP contribution in [0.2, 0.25) is 5.02 Å². The molecule has 6 heteroatoms. The highest BCUT2D eigenvalue weighted by Crippen LogP contribution is 2.29. The van der Waals surface area contributed by atoms with Gasteiger partial charge >= 0.3 is 5.97 Å². The summed E-state index contributed by atoms with van der Waals surface area (Å²) in [5.41, 5.74) is 4.85. The lowest BCUT2D eigenvalue weighted by Gasteiger charge is -2.17. The first-order valence-electron chi connectivity index (χ1n) is 10.6. The van der Waals surface area contributed by atoms with Gasteiger partial charge in [0.1, 0.15) is 11.6 Å². The molecule has 0 aliphatic carbocycles. The number of aryl methyl sites for hydroxylation is 2. The van der Waals surface area contributed by atoms with Gasteiger partial charge < -0.3 is 14.4 Å². The second kappa shape index (κ2) is 9.45. The van der Waals surface area contributed by atoms with Gasteiger partial charge in [-0.25, -0.2) is 9.78 Å². The Labute approximate surface area is 192 Å². The number of nitrogens with zero attached hydrogens (tertiary/aromatic N) is 2. The van der Waals surface area contributed by atoms with Crippen molar-refractivity contribution in [2.75, 3.05) is 0 Å². The first-order valence-corrected chi connectivity index (χ1v) is 11.0. The van der Waals surface area contributed by atoms with Crippen molar-refractivity contribution < 1.29 is 14.6 Å². The summed E-state index contributed by atoms with van der Waals surface area (Å²) in [5.74, 6) is 0.479. The lowest BCUT2D eigenvalue weighted by atomic mass is 10.0. The molecule has 0 aliphatic rings. The Kier molecular flexibility index (Phi) is 6.47. The van der Waals surface area contributed by atoms with Crippen LogP contribution in [-0.2, 0) is 24.7 Å². The van der Waals surface area contributed by atoms with E-state index in [-0.39, 0.29) is 0 Å². The third-order valence-electron chi connectivity index (χ3n) is 5.55. The standard InChI is InChI=1S/C26H25ClN2O3/c1-3-7-23-28-24-18(8-6-11-22(24)29(23)2)16-17-12-14-19(15-13-17)32-25(26(30)31)20-9-4-5-10-21(20)27/h4-6,8-15,25H,3,7,16H2,1-2H3,(H,30,31). The Balaban J connectivity index is 1.55. The molecule has 4 rings (SSSR count). The molecule has 1 unspecified atom stereocenters. The number of hydrogen-bond acceptors (Lipinski definition) is 3. The summed E-state index contributed by atoms with van der Waals surface area (Å²) in [7, 11) is 2.06. The SMILES string of the molecule is CCCc1nc2c(Cc3ccc(OC(C(=O)O)c4ccccc4Cl)cc3)cccc2n1C. The molecule has 0 radical (unpaired) electrons. The van der Waals surface area contributed by atoms with Crippen molar-refractivity contribution in [2.24, 2.45) is 7.05 Å². The van der Waals surface area contributed by atoms with Gasteiger partial charge in [0, 0.05) is 24.1 Å². The number of aromatic nitrogens is 2. The van der Waals surface area contributed by atoms with Crippen molar-refractivity contribution in [1.29, 1.82) is 0 Å². The highest BCUT2D eigenvalue weighted by molar-refractivity contribution is 6.31. The van der Waals surface area contributed by atoms with Gasteiger partial charge in [0.05, 0.1) is 11.0 Å². The number of rotatable bonds is 8. The van der Waals surface area contributed by atoms with Crippen LogP contribution in [0.15, 0.2) is 66.7 Å². The van der Waals surface area contributed by atoms with E-state index < -0.39 is 12.1 Å². The summed E-state index contributed by atoms with van der Waals surface area (Å²) >= 11 is 6.17. The number of imidazole rings is 1. The average molecular weight is 449 g/mol. The van der Waals surface area contributed by atoms with Crippen LogP contribution in [0.5, 0.6) is 5.75 Å². The molecule has 1 heterocycles. The molecule has 3 aromatic carbocycles. The highest BCUT2D eigenvalue weighted by atomic mass is 35.5. The van der Waals surface area contributed by atoms with Crippen molar-refractivity contribution >= 4 is 28.6 Å². The van der Waals surface area contributed by atoms with E-state index >= 15 is 0 Å². The maximum absolute atomic E-state index is 11.8. The fourth-order valence-corrected chi connectivity index (χ4v) is 4.12. The van der Waals surface area contributed by atoms with Crippen LogP contribution in [0.25, 0.3) is 11.0 Å². The number of hydrogen-bond donors (Lipinski definition) is 1. The minimum atomic E-state index is -1.17. The molecule has 5 nitrogen and oxygen atoms in total. The van der Waals surface area contributed by atoms with Crippen molar-refractivity contribution in [2.45, 2.75) is 32.3 Å². The Hall–Kier alpha value is -3.31. The summed E-state index contributed by atoms with van der Waals surface area (Å²) < 4.78 is 7.93. The average Bonchev–Trinajstić information content (AvgIpc) is 3.10. The maximum Gasteiger partial charge on any atom is 0.349 e. The number of carboxylic acid groups (broad SMARTS) is 1. The van der Waals surface area contributed by atoms with Gasteiger partial charge in [-0.1, -0.05) is 61.0 Å². The first kappa shape index (κ1) is 21.9. The Morgan fingerprint density at radius 1 is 1.09 bits per heavy atom. The van der Waals surface area contributed by atoms with Gasteiger partial charge in [-0.05, 0) is 48.2 Å². The maximum atomic E-state index is 11.8. The molecular formula is C26H25ClN2O3. The quantitative estimate of drug-likeness (QED) is 0.360.